The number of carboxylic acids is 2. The summed E-state index contributed by atoms with van der Waals surface area (Å²) in [7, 11) is 4.29. The van der Waals surface area contributed by atoms with Gasteiger partial charge in [0.1, 0.15) is 0 Å². The van der Waals surface area contributed by atoms with Crippen LogP contribution in [0.5, 0.6) is 0 Å². The van der Waals surface area contributed by atoms with Crippen LogP contribution in [0.25, 0.3) is 0 Å². The number of aliphatic carboxylic acids is 2. The van der Waals surface area contributed by atoms with E-state index in [1.54, 1.807) is 0 Å². The molecule has 196 valence electrons. The molecule has 3 heterocycles. The Hall–Kier alpha value is -1.90. The fourth-order valence-corrected chi connectivity index (χ4v) is 4.58. The number of likely N-dealkylation sites (tertiary alicyclic amines) is 1. The predicted octanol–water partition coefficient (Wildman–Crippen LogP) is 3.72. The molecule has 1 aromatic heterocycles. The van der Waals surface area contributed by atoms with Gasteiger partial charge < -0.3 is 19.8 Å². The zero-order valence-electron chi connectivity index (χ0n) is 18.8. The number of thiophene rings is 1. The molecule has 2 saturated heterocycles. The van der Waals surface area contributed by atoms with Crippen molar-refractivity contribution in [3.8, 4) is 0 Å². The second-order valence-corrected chi connectivity index (χ2v) is 9.57. The van der Waals surface area contributed by atoms with Crippen LogP contribution in [-0.2, 0) is 20.9 Å². The minimum Gasteiger partial charge on any atom is -0.475 e. The van der Waals surface area contributed by atoms with Crippen molar-refractivity contribution in [1.29, 1.82) is 0 Å². The largest absolute Gasteiger partial charge is 0.490 e. The Balaban J connectivity index is 0.000000343. The molecule has 0 bridgehead atoms. The van der Waals surface area contributed by atoms with E-state index < -0.39 is 24.3 Å². The number of fused-ring (bicyclic) bond motifs is 1. The van der Waals surface area contributed by atoms with Crippen molar-refractivity contribution in [1.82, 2.24) is 9.80 Å². The number of likely N-dealkylation sites (N-methyl/N-ethyl adjacent to an activating group) is 1. The smallest absolute Gasteiger partial charge is 0.475 e. The summed E-state index contributed by atoms with van der Waals surface area (Å²) in [6.07, 6.45) is -8.41. The quantitative estimate of drug-likeness (QED) is 0.583. The first-order chi connectivity index (χ1) is 15.5. The molecule has 0 radical (unpaired) electrons. The Morgan fingerprint density at radius 3 is 2.06 bits per heavy atom. The molecule has 0 amide bonds. The van der Waals surface area contributed by atoms with E-state index in [0.717, 1.165) is 31.5 Å². The first-order valence-corrected chi connectivity index (χ1v) is 11.0. The summed E-state index contributed by atoms with van der Waals surface area (Å²) < 4.78 is 69.5. The highest BCUT2D eigenvalue weighted by atomic mass is 32.1. The van der Waals surface area contributed by atoms with Gasteiger partial charge in [-0.2, -0.15) is 26.3 Å². The van der Waals surface area contributed by atoms with E-state index >= 15 is 0 Å². The molecule has 3 rings (SSSR count). The first kappa shape index (κ1) is 30.1. The number of piperidine rings is 1. The number of aryl methyl sites for hydroxylation is 1. The fraction of sp³-hybridized carbons (Fsp3) is 0.700. The molecule has 0 aliphatic carbocycles. The third-order valence-corrected chi connectivity index (χ3v) is 6.07. The van der Waals surface area contributed by atoms with E-state index in [4.69, 9.17) is 24.5 Å². The zero-order chi connectivity index (χ0) is 26.3. The molecule has 0 aromatic carbocycles. The molecule has 2 aliphatic rings. The topological polar surface area (TPSA) is 90.3 Å². The van der Waals surface area contributed by atoms with Crippen LogP contribution in [0.15, 0.2) is 12.1 Å². The lowest BCUT2D eigenvalue weighted by atomic mass is 9.84. The van der Waals surface area contributed by atoms with E-state index in [1.165, 1.54) is 29.3 Å². The van der Waals surface area contributed by atoms with Gasteiger partial charge in [0.2, 0.25) is 0 Å². The number of halogens is 6. The zero-order valence-corrected chi connectivity index (χ0v) is 19.6. The monoisotopic (exact) mass is 522 g/mol. The van der Waals surface area contributed by atoms with Crippen molar-refractivity contribution >= 4 is 23.3 Å². The van der Waals surface area contributed by atoms with Crippen molar-refractivity contribution in [2.45, 2.75) is 38.3 Å². The van der Waals surface area contributed by atoms with Crippen molar-refractivity contribution in [3.63, 3.8) is 0 Å². The Morgan fingerprint density at radius 2 is 1.65 bits per heavy atom. The van der Waals surface area contributed by atoms with Crippen LogP contribution >= 0.6 is 11.3 Å². The van der Waals surface area contributed by atoms with Gasteiger partial charge in [0.05, 0.1) is 12.7 Å². The van der Waals surface area contributed by atoms with Gasteiger partial charge in [-0.25, -0.2) is 9.59 Å². The lowest BCUT2D eigenvalue weighted by Crippen LogP contribution is -2.42. The van der Waals surface area contributed by atoms with Crippen molar-refractivity contribution < 1.29 is 50.9 Å². The summed E-state index contributed by atoms with van der Waals surface area (Å²) in [6, 6.07) is 4.52. The SMILES string of the molecule is Cc1ccc(CN2CC[C@@H]3[C@@H](CO[C@H]3CN(C)C)C2)s1.O=C(O)C(F)(F)F.O=C(O)C(F)(F)F. The third-order valence-electron chi connectivity index (χ3n) is 5.08. The van der Waals surface area contributed by atoms with Crippen molar-refractivity contribution in [3.05, 3.63) is 21.9 Å². The summed E-state index contributed by atoms with van der Waals surface area (Å²) in [5.41, 5.74) is 0. The highest BCUT2D eigenvalue weighted by Gasteiger charge is 2.41. The van der Waals surface area contributed by atoms with Gasteiger partial charge >= 0.3 is 24.3 Å². The summed E-state index contributed by atoms with van der Waals surface area (Å²) >= 11 is 1.94. The number of carboxylic acid groups (broad SMARTS) is 2. The number of alkyl halides is 6. The van der Waals surface area contributed by atoms with Gasteiger partial charge in [0, 0.05) is 35.3 Å². The summed E-state index contributed by atoms with van der Waals surface area (Å²) in [5, 5.41) is 14.2. The molecule has 0 saturated carbocycles. The number of nitrogens with zero attached hydrogens (tertiary/aromatic N) is 2. The van der Waals surface area contributed by atoms with E-state index in [9.17, 15) is 26.3 Å². The second-order valence-electron chi connectivity index (χ2n) is 8.20. The number of ether oxygens (including phenoxy) is 1. The molecule has 0 unspecified atom stereocenters. The van der Waals surface area contributed by atoms with E-state index in [1.807, 2.05) is 11.3 Å². The van der Waals surface area contributed by atoms with Crippen LogP contribution < -0.4 is 0 Å². The lowest BCUT2D eigenvalue weighted by Gasteiger charge is -2.35. The molecule has 0 spiro atoms. The van der Waals surface area contributed by atoms with Gasteiger partial charge in [0.15, 0.2) is 0 Å². The molecule has 7 nitrogen and oxygen atoms in total. The van der Waals surface area contributed by atoms with Crippen LogP contribution in [0, 0.1) is 18.8 Å². The molecular formula is C20H28F6N2O5S. The van der Waals surface area contributed by atoms with E-state index in [2.05, 4.69) is 43.0 Å². The van der Waals surface area contributed by atoms with Gasteiger partial charge in [0.25, 0.3) is 0 Å². The maximum atomic E-state index is 10.6. The summed E-state index contributed by atoms with van der Waals surface area (Å²) in [6.45, 7) is 7.79. The Morgan fingerprint density at radius 1 is 1.12 bits per heavy atom. The maximum absolute atomic E-state index is 10.6. The van der Waals surface area contributed by atoms with Crippen LogP contribution in [-0.4, -0.2) is 90.7 Å². The van der Waals surface area contributed by atoms with Crippen LogP contribution in [0.3, 0.4) is 0 Å². The van der Waals surface area contributed by atoms with Gasteiger partial charge in [-0.05, 0) is 52.0 Å². The predicted molar refractivity (Wildman–Crippen MR) is 112 cm³/mol. The minimum absolute atomic E-state index is 0.459. The Labute approximate surface area is 196 Å². The van der Waals surface area contributed by atoms with Gasteiger partial charge in [-0.3, -0.25) is 4.90 Å². The summed E-state index contributed by atoms with van der Waals surface area (Å²) in [5.74, 6) is -3.99. The molecular weight excluding hydrogens is 494 g/mol. The molecule has 14 heteroatoms. The fourth-order valence-electron chi connectivity index (χ4n) is 3.64. The third kappa shape index (κ3) is 10.6. The van der Waals surface area contributed by atoms with E-state index in [0.29, 0.717) is 6.10 Å². The Kier molecular flexibility index (Phi) is 11.3. The molecule has 1 aromatic rings. The molecule has 3 atom stereocenters. The van der Waals surface area contributed by atoms with Crippen molar-refractivity contribution in [2.24, 2.45) is 11.8 Å². The van der Waals surface area contributed by atoms with Crippen LogP contribution in [0.4, 0.5) is 26.3 Å². The average Bonchev–Trinajstić information content (AvgIpc) is 3.26. The van der Waals surface area contributed by atoms with Crippen LogP contribution in [0.2, 0.25) is 0 Å². The Bertz CT molecular complexity index is 775. The van der Waals surface area contributed by atoms with Gasteiger partial charge in [-0.15, -0.1) is 11.3 Å². The standard InChI is InChI=1S/C16H26N2OS.2C2HF3O2/c1-12-4-5-14(20-12)9-18-7-6-15-13(8-18)11-19-16(15)10-17(2)3;2*3-2(4,5)1(6)7/h4-5,13,15-16H,6-11H2,1-3H3;2*(H,6,7)/t13-,15-,16+;;/m1../s1. The highest BCUT2D eigenvalue weighted by Crippen LogP contribution is 2.35. The van der Waals surface area contributed by atoms with E-state index in [-0.39, 0.29) is 0 Å². The first-order valence-electron chi connectivity index (χ1n) is 10.1. The molecule has 2 fully saturated rings. The van der Waals surface area contributed by atoms with Crippen LogP contribution in [0.1, 0.15) is 16.2 Å². The van der Waals surface area contributed by atoms with Gasteiger partial charge in [-0.1, -0.05) is 0 Å². The average molecular weight is 523 g/mol. The molecule has 2 N–H and O–H groups in total. The summed E-state index contributed by atoms with van der Waals surface area (Å²) in [4.78, 5) is 25.6. The number of hydrogen-bond donors (Lipinski definition) is 2. The number of rotatable bonds is 4. The highest BCUT2D eigenvalue weighted by molar-refractivity contribution is 7.11. The molecule has 2 aliphatic heterocycles. The minimum atomic E-state index is -5.08. The van der Waals surface area contributed by atoms with Crippen molar-refractivity contribution in [2.75, 3.05) is 40.3 Å². The number of hydrogen-bond acceptors (Lipinski definition) is 6. The normalized spacial score (nSPS) is 22.8. The number of carbonyl (C=O) groups is 2. The maximum Gasteiger partial charge on any atom is 0.490 e. The lowest BCUT2D eigenvalue weighted by molar-refractivity contribution is -0.193. The second kappa shape index (κ2) is 12.7. The molecule has 34 heavy (non-hydrogen) atoms.